The fraction of sp³-hybridized carbons (Fsp3) is 0.458. The number of halogens is 1. The Kier molecular flexibility index (Phi) is 5.84. The van der Waals surface area contributed by atoms with Gasteiger partial charge < -0.3 is 10.0 Å². The summed E-state index contributed by atoms with van der Waals surface area (Å²) >= 11 is 6.26. The Labute approximate surface area is 178 Å². The lowest BCUT2D eigenvalue weighted by Gasteiger charge is -2.37. The topological polar surface area (TPSA) is 43.8 Å². The molecule has 2 aromatic rings. The van der Waals surface area contributed by atoms with Crippen molar-refractivity contribution in [1.29, 1.82) is 0 Å². The van der Waals surface area contributed by atoms with Crippen LogP contribution < -0.4 is 4.90 Å². The number of benzene rings is 2. The summed E-state index contributed by atoms with van der Waals surface area (Å²) in [5, 5.41) is 9.94. The van der Waals surface area contributed by atoms with Crippen LogP contribution in [-0.2, 0) is 17.8 Å². The summed E-state index contributed by atoms with van der Waals surface area (Å²) in [5.74, 6) is -0.874. The fourth-order valence-corrected chi connectivity index (χ4v) is 4.91. The van der Waals surface area contributed by atoms with E-state index in [-0.39, 0.29) is 5.92 Å². The molecule has 1 saturated heterocycles. The van der Waals surface area contributed by atoms with Crippen LogP contribution in [0.5, 0.6) is 0 Å². The Bertz CT molecular complexity index is 908. The van der Waals surface area contributed by atoms with E-state index in [1.807, 2.05) is 6.07 Å². The van der Waals surface area contributed by atoms with Crippen molar-refractivity contribution in [2.75, 3.05) is 24.5 Å². The van der Waals surface area contributed by atoms with Gasteiger partial charge >= 0.3 is 5.97 Å². The first-order chi connectivity index (χ1) is 14.0. The van der Waals surface area contributed by atoms with E-state index in [4.69, 9.17) is 16.7 Å². The maximum Gasteiger partial charge on any atom is 0.309 e. The number of carbonyl (C=O) groups is 1. The molecular weight excluding hydrogens is 384 g/mol. The molecule has 1 aliphatic carbocycles. The molecule has 1 unspecified atom stereocenters. The van der Waals surface area contributed by atoms with Crippen molar-refractivity contribution in [3.63, 3.8) is 0 Å². The number of aliphatic carboxylic acids is 1. The number of anilines is 1. The quantitative estimate of drug-likeness (QED) is 0.689. The largest absolute Gasteiger partial charge is 0.481 e. The molecule has 0 radical (unpaired) electrons. The number of rotatable bonds is 7. The number of likely N-dealkylation sites (tertiary alicyclic amines) is 1. The summed E-state index contributed by atoms with van der Waals surface area (Å²) in [4.78, 5) is 15.9. The molecule has 1 atom stereocenters. The van der Waals surface area contributed by atoms with Gasteiger partial charge in [0, 0.05) is 36.9 Å². The van der Waals surface area contributed by atoms with Gasteiger partial charge in [0.15, 0.2) is 0 Å². The van der Waals surface area contributed by atoms with Crippen LogP contribution in [0.1, 0.15) is 48.1 Å². The molecular formula is C24H29ClN2O2. The second-order valence-electron chi connectivity index (χ2n) is 8.40. The molecule has 1 fully saturated rings. The van der Waals surface area contributed by atoms with Crippen LogP contribution in [0.2, 0.25) is 5.02 Å². The number of hydrogen-bond donors (Lipinski definition) is 1. The van der Waals surface area contributed by atoms with Gasteiger partial charge in [0.05, 0.1) is 12.0 Å². The zero-order valence-corrected chi connectivity index (χ0v) is 18.0. The van der Waals surface area contributed by atoms with E-state index < -0.39 is 5.97 Å². The van der Waals surface area contributed by atoms with Gasteiger partial charge in [-0.3, -0.25) is 9.69 Å². The second-order valence-corrected chi connectivity index (χ2v) is 8.80. The van der Waals surface area contributed by atoms with Gasteiger partial charge in [-0.25, -0.2) is 0 Å². The van der Waals surface area contributed by atoms with E-state index in [1.54, 1.807) is 0 Å². The molecule has 1 N–H and O–H groups in total. The van der Waals surface area contributed by atoms with E-state index in [9.17, 15) is 4.79 Å². The number of hydrogen-bond acceptors (Lipinski definition) is 3. The molecule has 1 heterocycles. The van der Waals surface area contributed by atoms with Crippen molar-refractivity contribution < 1.29 is 9.90 Å². The summed E-state index contributed by atoms with van der Waals surface area (Å²) in [6, 6.07) is 13.4. The van der Waals surface area contributed by atoms with Crippen molar-refractivity contribution in [2.24, 2.45) is 5.92 Å². The van der Waals surface area contributed by atoms with Gasteiger partial charge in [0.25, 0.3) is 0 Å². The molecule has 154 valence electrons. The van der Waals surface area contributed by atoms with Crippen molar-refractivity contribution in [1.82, 2.24) is 4.90 Å². The van der Waals surface area contributed by atoms with Crippen molar-refractivity contribution in [3.05, 3.63) is 63.7 Å². The monoisotopic (exact) mass is 412 g/mol. The maximum atomic E-state index is 11.1. The lowest BCUT2D eigenvalue weighted by atomic mass is 9.96. The third-order valence-electron chi connectivity index (χ3n) is 6.35. The molecule has 2 aliphatic rings. The highest BCUT2D eigenvalue weighted by Gasteiger charge is 2.34. The number of carboxylic acid groups (broad SMARTS) is 1. The van der Waals surface area contributed by atoms with E-state index in [2.05, 4.69) is 54.0 Å². The Balaban J connectivity index is 1.57. The Morgan fingerprint density at radius 3 is 2.76 bits per heavy atom. The van der Waals surface area contributed by atoms with Gasteiger partial charge in [0.1, 0.15) is 0 Å². The number of carboxylic acids is 1. The first kappa shape index (κ1) is 20.2. The zero-order chi connectivity index (χ0) is 20.5. The van der Waals surface area contributed by atoms with E-state index >= 15 is 0 Å². The third kappa shape index (κ3) is 4.01. The molecule has 0 amide bonds. The minimum absolute atomic E-state index is 0.201. The third-order valence-corrected chi connectivity index (χ3v) is 6.77. The zero-order valence-electron chi connectivity index (χ0n) is 17.2. The number of nitrogens with zero attached hydrogens (tertiary/aromatic N) is 2. The highest BCUT2D eigenvalue weighted by molar-refractivity contribution is 6.31. The van der Waals surface area contributed by atoms with Gasteiger partial charge in [-0.05, 0) is 66.6 Å². The predicted octanol–water partition coefficient (Wildman–Crippen LogP) is 5.07. The van der Waals surface area contributed by atoms with E-state index in [0.717, 1.165) is 42.9 Å². The molecule has 0 spiro atoms. The lowest BCUT2D eigenvalue weighted by Crippen LogP contribution is -2.49. The number of fused-ring (bicyclic) bond motifs is 1. The molecule has 0 aromatic heterocycles. The van der Waals surface area contributed by atoms with Crippen LogP contribution in [-0.4, -0.2) is 35.6 Å². The predicted molar refractivity (Wildman–Crippen MR) is 118 cm³/mol. The van der Waals surface area contributed by atoms with Crippen molar-refractivity contribution in [2.45, 2.75) is 45.7 Å². The summed E-state index contributed by atoms with van der Waals surface area (Å²) < 4.78 is 0. The van der Waals surface area contributed by atoms with Crippen LogP contribution in [0.3, 0.4) is 0 Å². The average molecular weight is 413 g/mol. The molecule has 1 aliphatic heterocycles. The van der Waals surface area contributed by atoms with Crippen LogP contribution in [0.15, 0.2) is 36.4 Å². The summed E-state index contributed by atoms with van der Waals surface area (Å²) in [5.41, 5.74) is 6.60. The molecule has 0 saturated carbocycles. The standard InChI is InChI=1S/C24H29ClN2O2/c1-3-11-27(19-7-9-22(25)16(2)12-19)23-10-8-20-17(5-4-6-21(20)23)13-26-14-18(15-26)24(28)29/h4-7,9,12,18,23H,3,8,10-11,13-15H2,1-2H3,(H,28,29). The van der Waals surface area contributed by atoms with Gasteiger partial charge in [-0.15, -0.1) is 0 Å². The minimum atomic E-state index is -0.673. The molecule has 29 heavy (non-hydrogen) atoms. The SMILES string of the molecule is CCCN(c1ccc(Cl)c(C)c1)C1CCc2c(CN3CC(C(=O)O)C3)cccc21. The molecule has 4 nitrogen and oxygen atoms in total. The molecule has 2 aromatic carbocycles. The van der Waals surface area contributed by atoms with Crippen LogP contribution in [0.25, 0.3) is 0 Å². The minimum Gasteiger partial charge on any atom is -0.481 e. The van der Waals surface area contributed by atoms with Gasteiger partial charge in [0.2, 0.25) is 0 Å². The summed E-state index contributed by atoms with van der Waals surface area (Å²) in [7, 11) is 0. The van der Waals surface area contributed by atoms with Crippen LogP contribution in [0.4, 0.5) is 5.69 Å². The van der Waals surface area contributed by atoms with Gasteiger partial charge in [-0.2, -0.15) is 0 Å². The highest BCUT2D eigenvalue weighted by Crippen LogP contribution is 2.41. The van der Waals surface area contributed by atoms with Crippen LogP contribution in [0, 0.1) is 12.8 Å². The maximum absolute atomic E-state index is 11.1. The average Bonchev–Trinajstić information content (AvgIpc) is 3.09. The first-order valence-corrected chi connectivity index (χ1v) is 10.9. The molecule has 4 rings (SSSR count). The van der Waals surface area contributed by atoms with E-state index in [1.165, 1.54) is 22.4 Å². The number of aryl methyl sites for hydroxylation is 1. The van der Waals surface area contributed by atoms with Crippen LogP contribution >= 0.6 is 11.6 Å². The summed E-state index contributed by atoms with van der Waals surface area (Å²) in [6.45, 7) is 7.48. The van der Waals surface area contributed by atoms with Crippen molar-refractivity contribution in [3.8, 4) is 0 Å². The smallest absolute Gasteiger partial charge is 0.309 e. The lowest BCUT2D eigenvalue weighted by molar-refractivity contribution is -0.147. The Hall–Kier alpha value is -2.04. The first-order valence-electron chi connectivity index (χ1n) is 10.6. The van der Waals surface area contributed by atoms with E-state index in [0.29, 0.717) is 19.1 Å². The Morgan fingerprint density at radius 2 is 2.07 bits per heavy atom. The molecule has 0 bridgehead atoms. The van der Waals surface area contributed by atoms with Crippen molar-refractivity contribution >= 4 is 23.3 Å². The Morgan fingerprint density at radius 1 is 1.28 bits per heavy atom. The fourth-order valence-electron chi connectivity index (χ4n) is 4.79. The normalized spacial score (nSPS) is 19.1. The molecule has 5 heteroatoms. The summed E-state index contributed by atoms with van der Waals surface area (Å²) in [6.07, 6.45) is 3.29. The van der Waals surface area contributed by atoms with Gasteiger partial charge in [-0.1, -0.05) is 36.7 Å². The highest BCUT2D eigenvalue weighted by atomic mass is 35.5. The second kappa shape index (κ2) is 8.37.